The van der Waals surface area contributed by atoms with E-state index in [0.29, 0.717) is 12.3 Å². The second-order valence-corrected chi connectivity index (χ2v) is 8.96. The molecule has 6 atom stereocenters. The zero-order chi connectivity index (χ0) is 17.2. The minimum absolute atomic E-state index is 0.0696. The van der Waals surface area contributed by atoms with Gasteiger partial charge in [0.1, 0.15) is 6.10 Å². The smallest absolute Gasteiger partial charge is 0.102 e. The third-order valence-corrected chi connectivity index (χ3v) is 7.46. The van der Waals surface area contributed by atoms with Crippen molar-refractivity contribution in [2.24, 2.45) is 22.7 Å². The summed E-state index contributed by atoms with van der Waals surface area (Å²) in [6, 6.07) is 0. The SMILES string of the molecule is C=C1[C@H]2C[C@@H]3CCC(C)=C([C@@H](O)[C@H](O)[C@]2(C)CC[C@@H]1O)C3(C)C. The van der Waals surface area contributed by atoms with Gasteiger partial charge in [-0.25, -0.2) is 0 Å². The Labute approximate surface area is 140 Å². The van der Waals surface area contributed by atoms with Crippen LogP contribution in [0.3, 0.4) is 0 Å². The van der Waals surface area contributed by atoms with E-state index in [-0.39, 0.29) is 11.3 Å². The molecule has 23 heavy (non-hydrogen) atoms. The lowest BCUT2D eigenvalue weighted by Crippen LogP contribution is -2.56. The standard InChI is InChI=1S/C20H32O3/c1-11-6-7-13-10-14-12(2)15(21)8-9-20(14,5)18(23)17(22)16(11)19(13,3)4/h13-15,17-18,21-23H,2,6-10H2,1,3-5H3/t13-,14+,15-,17+,18-,20+/m0/s1. The van der Waals surface area contributed by atoms with E-state index >= 15 is 0 Å². The number of hydrogen-bond acceptors (Lipinski definition) is 3. The zero-order valence-electron chi connectivity index (χ0n) is 15.0. The molecule has 3 rings (SSSR count). The summed E-state index contributed by atoms with van der Waals surface area (Å²) in [7, 11) is 0. The van der Waals surface area contributed by atoms with Gasteiger partial charge in [0, 0.05) is 5.41 Å². The Morgan fingerprint density at radius 3 is 2.39 bits per heavy atom. The first kappa shape index (κ1) is 17.2. The van der Waals surface area contributed by atoms with E-state index < -0.39 is 23.7 Å². The van der Waals surface area contributed by atoms with Gasteiger partial charge in [0.2, 0.25) is 0 Å². The van der Waals surface area contributed by atoms with Crippen LogP contribution < -0.4 is 0 Å². The molecule has 0 heterocycles. The minimum atomic E-state index is -0.816. The van der Waals surface area contributed by atoms with Crippen LogP contribution in [0.5, 0.6) is 0 Å². The zero-order valence-corrected chi connectivity index (χ0v) is 15.0. The van der Waals surface area contributed by atoms with Gasteiger partial charge in [-0.15, -0.1) is 0 Å². The maximum absolute atomic E-state index is 11.1. The summed E-state index contributed by atoms with van der Waals surface area (Å²) in [5.41, 5.74) is 2.63. The molecule has 3 heteroatoms. The van der Waals surface area contributed by atoms with Crippen LogP contribution in [0.15, 0.2) is 23.3 Å². The highest BCUT2D eigenvalue weighted by molar-refractivity contribution is 5.32. The molecule has 0 aromatic carbocycles. The third-order valence-electron chi connectivity index (χ3n) is 7.46. The molecule has 0 aromatic heterocycles. The number of aliphatic hydroxyl groups is 3. The monoisotopic (exact) mass is 320 g/mol. The van der Waals surface area contributed by atoms with Gasteiger partial charge >= 0.3 is 0 Å². The van der Waals surface area contributed by atoms with Crippen molar-refractivity contribution in [3.63, 3.8) is 0 Å². The largest absolute Gasteiger partial charge is 0.389 e. The Bertz CT molecular complexity index is 547. The normalized spacial score (nSPS) is 46.9. The van der Waals surface area contributed by atoms with Crippen molar-refractivity contribution in [3.05, 3.63) is 23.3 Å². The number of allylic oxidation sites excluding steroid dienone is 1. The van der Waals surface area contributed by atoms with Crippen LogP contribution in [0.25, 0.3) is 0 Å². The van der Waals surface area contributed by atoms with Crippen LogP contribution in [-0.2, 0) is 0 Å². The van der Waals surface area contributed by atoms with Crippen LogP contribution in [-0.4, -0.2) is 33.6 Å². The van der Waals surface area contributed by atoms with Crippen molar-refractivity contribution in [1.82, 2.24) is 0 Å². The van der Waals surface area contributed by atoms with Crippen LogP contribution in [0.1, 0.15) is 59.8 Å². The van der Waals surface area contributed by atoms with Gasteiger partial charge in [-0.1, -0.05) is 32.9 Å². The average Bonchev–Trinajstić information content (AvgIpc) is 2.47. The number of rotatable bonds is 0. The van der Waals surface area contributed by atoms with E-state index in [9.17, 15) is 15.3 Å². The lowest BCUT2D eigenvalue weighted by Gasteiger charge is -2.56. The molecule has 3 N–H and O–H groups in total. The third kappa shape index (κ3) is 2.35. The van der Waals surface area contributed by atoms with Crippen molar-refractivity contribution in [2.75, 3.05) is 0 Å². The summed E-state index contributed by atoms with van der Waals surface area (Å²) in [6.45, 7) is 12.8. The summed E-state index contributed by atoms with van der Waals surface area (Å²) in [4.78, 5) is 0. The van der Waals surface area contributed by atoms with Crippen molar-refractivity contribution in [3.8, 4) is 0 Å². The summed E-state index contributed by atoms with van der Waals surface area (Å²) in [6.07, 6.45) is 2.31. The molecule has 0 unspecified atom stereocenters. The molecular weight excluding hydrogens is 288 g/mol. The molecule has 0 saturated heterocycles. The van der Waals surface area contributed by atoms with Crippen molar-refractivity contribution in [2.45, 2.75) is 78.1 Å². The lowest BCUT2D eigenvalue weighted by molar-refractivity contribution is -0.111. The molecule has 3 aliphatic rings. The van der Waals surface area contributed by atoms with Gasteiger partial charge in [-0.05, 0) is 67.4 Å². The summed E-state index contributed by atoms with van der Waals surface area (Å²) in [5.74, 6) is 0.523. The van der Waals surface area contributed by atoms with Crippen LogP contribution in [0, 0.1) is 22.7 Å². The van der Waals surface area contributed by atoms with E-state index in [0.717, 1.165) is 36.8 Å². The Kier molecular flexibility index (Phi) is 4.06. The first-order valence-electron chi connectivity index (χ1n) is 9.03. The molecule has 130 valence electrons. The molecule has 2 saturated carbocycles. The number of aliphatic hydroxyl groups excluding tert-OH is 3. The Morgan fingerprint density at radius 2 is 1.74 bits per heavy atom. The minimum Gasteiger partial charge on any atom is -0.389 e. The Morgan fingerprint density at radius 1 is 1.09 bits per heavy atom. The highest BCUT2D eigenvalue weighted by Gasteiger charge is 2.55. The lowest BCUT2D eigenvalue weighted by atomic mass is 9.51. The van der Waals surface area contributed by atoms with E-state index in [4.69, 9.17) is 0 Å². The molecule has 3 aliphatic carbocycles. The Balaban J connectivity index is 2.12. The predicted octanol–water partition coefficient (Wildman–Crippen LogP) is 3.20. The van der Waals surface area contributed by atoms with Gasteiger partial charge in [0.25, 0.3) is 0 Å². The van der Waals surface area contributed by atoms with Crippen LogP contribution >= 0.6 is 0 Å². The van der Waals surface area contributed by atoms with Crippen LogP contribution in [0.2, 0.25) is 0 Å². The van der Waals surface area contributed by atoms with Crippen molar-refractivity contribution >= 4 is 0 Å². The topological polar surface area (TPSA) is 60.7 Å². The van der Waals surface area contributed by atoms with Crippen molar-refractivity contribution < 1.29 is 15.3 Å². The van der Waals surface area contributed by atoms with E-state index in [1.165, 1.54) is 5.57 Å². The highest BCUT2D eigenvalue weighted by atomic mass is 16.3. The molecular formula is C20H32O3. The summed E-state index contributed by atoms with van der Waals surface area (Å²) >= 11 is 0. The van der Waals surface area contributed by atoms with Gasteiger partial charge in [0.15, 0.2) is 0 Å². The quantitative estimate of drug-likeness (QED) is 0.601. The second-order valence-electron chi connectivity index (χ2n) is 8.96. The molecule has 3 nitrogen and oxygen atoms in total. The Hall–Kier alpha value is -0.640. The van der Waals surface area contributed by atoms with E-state index in [1.807, 2.05) is 0 Å². The fourth-order valence-electron chi connectivity index (χ4n) is 5.74. The maximum atomic E-state index is 11.1. The molecule has 2 fully saturated rings. The molecule has 0 aromatic rings. The molecule has 0 radical (unpaired) electrons. The van der Waals surface area contributed by atoms with Gasteiger partial charge in [-0.3, -0.25) is 0 Å². The second kappa shape index (κ2) is 5.44. The average molecular weight is 320 g/mol. The first-order chi connectivity index (χ1) is 10.6. The van der Waals surface area contributed by atoms with Gasteiger partial charge in [0.05, 0.1) is 12.2 Å². The fourth-order valence-corrected chi connectivity index (χ4v) is 5.74. The number of hydrogen-bond donors (Lipinski definition) is 3. The number of fused-ring (bicyclic) bond motifs is 3. The molecule has 0 amide bonds. The molecule has 0 spiro atoms. The van der Waals surface area contributed by atoms with Gasteiger partial charge in [-0.2, -0.15) is 0 Å². The highest BCUT2D eigenvalue weighted by Crippen LogP contribution is 2.58. The summed E-state index contributed by atoms with van der Waals surface area (Å²) < 4.78 is 0. The van der Waals surface area contributed by atoms with Gasteiger partial charge < -0.3 is 15.3 Å². The van der Waals surface area contributed by atoms with Crippen LogP contribution in [0.4, 0.5) is 0 Å². The molecule has 2 bridgehead atoms. The first-order valence-corrected chi connectivity index (χ1v) is 9.03. The maximum Gasteiger partial charge on any atom is 0.102 e. The summed E-state index contributed by atoms with van der Waals surface area (Å²) in [5, 5.41) is 32.4. The van der Waals surface area contributed by atoms with E-state index in [2.05, 4.69) is 34.3 Å². The van der Waals surface area contributed by atoms with E-state index in [1.54, 1.807) is 0 Å². The van der Waals surface area contributed by atoms with Crippen molar-refractivity contribution in [1.29, 1.82) is 0 Å². The predicted molar refractivity (Wildman–Crippen MR) is 91.8 cm³/mol. The molecule has 0 aliphatic heterocycles. The fraction of sp³-hybridized carbons (Fsp3) is 0.800.